The minimum Gasteiger partial charge on any atom is -0.480 e. The van der Waals surface area contributed by atoms with E-state index >= 15 is 0 Å². The molecule has 31 heavy (non-hydrogen) atoms. The molecule has 1 unspecified atom stereocenters. The molecule has 0 aromatic rings. The number of aliphatic carboxylic acids is 1. The number of rotatable bonds is 19. The normalized spacial score (nSPS) is 11.9. The summed E-state index contributed by atoms with van der Waals surface area (Å²) in [6.07, 6.45) is 23.3. The van der Waals surface area contributed by atoms with Crippen molar-refractivity contribution >= 4 is 11.9 Å². The number of hydrogen-bond donors (Lipinski definition) is 3. The van der Waals surface area contributed by atoms with E-state index in [4.69, 9.17) is 15.0 Å². The van der Waals surface area contributed by atoms with Crippen LogP contribution in [0.3, 0.4) is 0 Å². The number of allylic oxidation sites excluding steroid dienone is 2. The third-order valence-corrected chi connectivity index (χ3v) is 5.14. The van der Waals surface area contributed by atoms with Gasteiger partial charge in [0.15, 0.2) is 0 Å². The first-order valence-corrected chi connectivity index (χ1v) is 12.3. The number of hydrogen-bond acceptors (Lipinski definition) is 4. The number of carboxylic acid groups (broad SMARTS) is 1. The fourth-order valence-corrected chi connectivity index (χ4v) is 3.21. The van der Waals surface area contributed by atoms with Gasteiger partial charge in [0.2, 0.25) is 5.91 Å². The van der Waals surface area contributed by atoms with Crippen molar-refractivity contribution in [2.45, 2.75) is 116 Å². The number of carbonyl (C=O) groups is 2. The topological polar surface area (TPSA) is 89.9 Å². The summed E-state index contributed by atoms with van der Waals surface area (Å²) in [5.74, 6) is -0.992. The molecule has 0 saturated carbocycles. The lowest BCUT2D eigenvalue weighted by Crippen LogP contribution is -2.44. The second kappa shape index (κ2) is 24.9. The molecule has 6 heteroatoms. The van der Waals surface area contributed by atoms with E-state index in [2.05, 4.69) is 36.2 Å². The molecule has 0 aliphatic carbocycles. The van der Waals surface area contributed by atoms with E-state index in [0.717, 1.165) is 12.8 Å². The molecular formula is C25H50N2O4. The molecule has 0 rings (SSSR count). The molecule has 0 aromatic heterocycles. The molecule has 3 N–H and O–H groups in total. The molecule has 0 heterocycles. The smallest absolute Gasteiger partial charge is 0.329 e. The van der Waals surface area contributed by atoms with Gasteiger partial charge in [0.05, 0.1) is 6.17 Å². The largest absolute Gasteiger partial charge is 0.480 e. The van der Waals surface area contributed by atoms with Crippen LogP contribution in [0.4, 0.5) is 0 Å². The third-order valence-electron chi connectivity index (χ3n) is 5.14. The van der Waals surface area contributed by atoms with Crippen molar-refractivity contribution in [3.05, 3.63) is 12.2 Å². The summed E-state index contributed by atoms with van der Waals surface area (Å²) < 4.78 is 0. The predicted octanol–water partition coefficient (Wildman–Crippen LogP) is 5.50. The highest BCUT2D eigenvalue weighted by Gasteiger charge is 2.11. The summed E-state index contributed by atoms with van der Waals surface area (Å²) in [6.45, 7) is 3.60. The summed E-state index contributed by atoms with van der Waals surface area (Å²) in [7, 11) is 4.02. The zero-order valence-corrected chi connectivity index (χ0v) is 20.7. The summed E-state index contributed by atoms with van der Waals surface area (Å²) in [5, 5.41) is 18.1. The van der Waals surface area contributed by atoms with E-state index in [0.29, 0.717) is 6.42 Å². The van der Waals surface area contributed by atoms with Crippen LogP contribution in [-0.4, -0.2) is 53.9 Å². The van der Waals surface area contributed by atoms with Crippen molar-refractivity contribution in [2.24, 2.45) is 0 Å². The van der Waals surface area contributed by atoms with Crippen molar-refractivity contribution in [1.29, 1.82) is 0 Å². The van der Waals surface area contributed by atoms with Crippen LogP contribution in [0.15, 0.2) is 12.2 Å². The van der Waals surface area contributed by atoms with Crippen molar-refractivity contribution in [1.82, 2.24) is 10.2 Å². The second-order valence-electron chi connectivity index (χ2n) is 8.34. The summed E-state index contributed by atoms with van der Waals surface area (Å²) in [6, 6.07) is 0. The highest BCUT2D eigenvalue weighted by Crippen LogP contribution is 2.10. The average Bonchev–Trinajstić information content (AvgIpc) is 2.74. The molecule has 1 atom stereocenters. The molecule has 0 aliphatic rings. The Morgan fingerprint density at radius 3 is 1.71 bits per heavy atom. The molecule has 0 bridgehead atoms. The molecular weight excluding hydrogens is 392 g/mol. The van der Waals surface area contributed by atoms with Crippen LogP contribution in [0, 0.1) is 0 Å². The van der Waals surface area contributed by atoms with Gasteiger partial charge >= 0.3 is 5.97 Å². The summed E-state index contributed by atoms with van der Waals surface area (Å²) in [4.78, 5) is 23.1. The molecule has 184 valence electrons. The maximum atomic E-state index is 11.9. The van der Waals surface area contributed by atoms with E-state index < -0.39 is 12.6 Å². The predicted molar refractivity (Wildman–Crippen MR) is 130 cm³/mol. The number of aliphatic hydroxyl groups excluding tert-OH is 1. The maximum absolute atomic E-state index is 11.9. The minimum atomic E-state index is -1.19. The minimum absolute atomic E-state index is 0.172. The Kier molecular flexibility index (Phi) is 25.5. The zero-order valence-electron chi connectivity index (χ0n) is 20.7. The van der Waals surface area contributed by atoms with E-state index in [1.165, 1.54) is 77.0 Å². The van der Waals surface area contributed by atoms with Crippen molar-refractivity contribution in [3.63, 3.8) is 0 Å². The van der Waals surface area contributed by atoms with Crippen LogP contribution < -0.4 is 5.32 Å². The third kappa shape index (κ3) is 26.6. The van der Waals surface area contributed by atoms with Crippen LogP contribution in [-0.2, 0) is 9.59 Å². The van der Waals surface area contributed by atoms with Crippen molar-refractivity contribution < 1.29 is 19.8 Å². The molecule has 1 amide bonds. The number of nitrogens with zero attached hydrogens (tertiary/aromatic N) is 1. The van der Waals surface area contributed by atoms with Gasteiger partial charge in [-0.05, 0) is 52.6 Å². The van der Waals surface area contributed by atoms with Gasteiger partial charge in [0, 0.05) is 6.42 Å². The monoisotopic (exact) mass is 442 g/mol. The van der Waals surface area contributed by atoms with Crippen molar-refractivity contribution in [2.75, 3.05) is 20.7 Å². The number of amides is 1. The summed E-state index contributed by atoms with van der Waals surface area (Å²) in [5.41, 5.74) is 0. The summed E-state index contributed by atoms with van der Waals surface area (Å²) >= 11 is 0. The second-order valence-corrected chi connectivity index (χ2v) is 8.34. The molecule has 0 aliphatic heterocycles. The van der Waals surface area contributed by atoms with Crippen LogP contribution >= 0.6 is 0 Å². The average molecular weight is 443 g/mol. The Morgan fingerprint density at radius 2 is 1.29 bits per heavy atom. The Bertz CT molecular complexity index is 439. The van der Waals surface area contributed by atoms with E-state index in [9.17, 15) is 4.79 Å². The van der Waals surface area contributed by atoms with Crippen LogP contribution in [0.5, 0.6) is 0 Å². The van der Waals surface area contributed by atoms with Gasteiger partial charge in [-0.2, -0.15) is 0 Å². The van der Waals surface area contributed by atoms with Crippen LogP contribution in [0.25, 0.3) is 0 Å². The Morgan fingerprint density at radius 1 is 0.839 bits per heavy atom. The van der Waals surface area contributed by atoms with Gasteiger partial charge in [0.25, 0.3) is 0 Å². The number of unbranched alkanes of at least 4 members (excludes halogenated alkanes) is 11. The Labute approximate surface area is 191 Å². The lowest BCUT2D eigenvalue weighted by Gasteiger charge is -2.23. The van der Waals surface area contributed by atoms with E-state index in [1.54, 1.807) is 0 Å². The Hall–Kier alpha value is -1.40. The SMILES string of the molecule is CCCCCCCCC=CCCCCCCCC(=O)NC(CC)N(C)C.O=C(O)CO. The van der Waals surface area contributed by atoms with Gasteiger partial charge in [-0.3, -0.25) is 9.69 Å². The van der Waals surface area contributed by atoms with Gasteiger partial charge in [-0.15, -0.1) is 0 Å². The molecule has 0 spiro atoms. The lowest BCUT2D eigenvalue weighted by molar-refractivity contribution is -0.140. The van der Waals surface area contributed by atoms with Crippen molar-refractivity contribution in [3.8, 4) is 0 Å². The van der Waals surface area contributed by atoms with Gasteiger partial charge in [-0.1, -0.05) is 77.4 Å². The fourth-order valence-electron chi connectivity index (χ4n) is 3.21. The Balaban J connectivity index is 0. The number of aliphatic hydroxyl groups is 1. The number of carbonyl (C=O) groups excluding carboxylic acids is 1. The molecule has 6 nitrogen and oxygen atoms in total. The van der Waals surface area contributed by atoms with E-state index in [1.807, 2.05) is 14.1 Å². The molecule has 0 aromatic carbocycles. The molecule has 0 fully saturated rings. The fraction of sp³-hybridized carbons (Fsp3) is 0.840. The first-order valence-electron chi connectivity index (χ1n) is 12.3. The molecule has 0 radical (unpaired) electrons. The number of nitrogens with one attached hydrogen (secondary N) is 1. The first-order chi connectivity index (χ1) is 14.9. The van der Waals surface area contributed by atoms with Gasteiger partial charge in [0.1, 0.15) is 6.61 Å². The maximum Gasteiger partial charge on any atom is 0.329 e. The standard InChI is InChI=1S/C23H46N2O.C2H4O3/c1-5-7-8-9-10-11-12-13-14-15-16-17-18-19-20-21-23(26)24-22(6-2)25(3)4;3-1-2(4)5/h13-14,22H,5-12,15-21H2,1-4H3,(H,24,26);3H,1H2,(H,4,5). The molecule has 0 saturated heterocycles. The first kappa shape index (κ1) is 31.8. The zero-order chi connectivity index (χ0) is 23.7. The number of carboxylic acids is 1. The van der Waals surface area contributed by atoms with Crippen LogP contribution in [0.1, 0.15) is 110 Å². The van der Waals surface area contributed by atoms with E-state index in [-0.39, 0.29) is 12.1 Å². The highest BCUT2D eigenvalue weighted by molar-refractivity contribution is 5.76. The van der Waals surface area contributed by atoms with Gasteiger partial charge in [-0.25, -0.2) is 4.79 Å². The van der Waals surface area contributed by atoms with Crippen LogP contribution in [0.2, 0.25) is 0 Å². The lowest BCUT2D eigenvalue weighted by atomic mass is 10.1. The van der Waals surface area contributed by atoms with Gasteiger partial charge < -0.3 is 15.5 Å². The quantitative estimate of drug-likeness (QED) is 0.140. The highest BCUT2D eigenvalue weighted by atomic mass is 16.4.